The summed E-state index contributed by atoms with van der Waals surface area (Å²) >= 11 is 0. The molecule has 1 aromatic carbocycles. The molecular weight excluding hydrogens is 227 g/mol. The van der Waals surface area contributed by atoms with Crippen molar-refractivity contribution in [2.45, 2.75) is 33.6 Å². The molecule has 100 valence electrons. The van der Waals surface area contributed by atoms with Gasteiger partial charge in [-0.25, -0.2) is 4.39 Å². The SMILES string of the molecule is CC(C)(C)C1CCN(c2cc(F)ccc2N)CC1. The van der Waals surface area contributed by atoms with Gasteiger partial charge in [-0.2, -0.15) is 0 Å². The molecule has 2 N–H and O–H groups in total. The normalized spacial score (nSPS) is 18.1. The fourth-order valence-corrected chi connectivity index (χ4v) is 2.78. The largest absolute Gasteiger partial charge is 0.397 e. The molecule has 1 saturated heterocycles. The molecule has 2 rings (SSSR count). The van der Waals surface area contributed by atoms with Crippen LogP contribution in [-0.4, -0.2) is 13.1 Å². The molecule has 2 nitrogen and oxygen atoms in total. The van der Waals surface area contributed by atoms with Crippen molar-refractivity contribution in [2.75, 3.05) is 23.7 Å². The monoisotopic (exact) mass is 250 g/mol. The highest BCUT2D eigenvalue weighted by Gasteiger charge is 2.29. The molecule has 0 aromatic heterocycles. The molecule has 0 spiro atoms. The molecule has 0 aliphatic carbocycles. The van der Waals surface area contributed by atoms with Crippen LogP contribution < -0.4 is 10.6 Å². The zero-order chi connectivity index (χ0) is 13.3. The molecule has 1 heterocycles. The van der Waals surface area contributed by atoms with Gasteiger partial charge in [0.05, 0.1) is 11.4 Å². The summed E-state index contributed by atoms with van der Waals surface area (Å²) in [6, 6.07) is 4.62. The number of nitrogens with zero attached hydrogens (tertiary/aromatic N) is 1. The molecule has 0 bridgehead atoms. The summed E-state index contributed by atoms with van der Waals surface area (Å²) in [5, 5.41) is 0. The summed E-state index contributed by atoms with van der Waals surface area (Å²) in [5.41, 5.74) is 7.81. The minimum Gasteiger partial charge on any atom is -0.397 e. The number of piperidine rings is 1. The average Bonchev–Trinajstić information content (AvgIpc) is 2.31. The van der Waals surface area contributed by atoms with E-state index in [-0.39, 0.29) is 5.82 Å². The molecule has 0 saturated carbocycles. The van der Waals surface area contributed by atoms with E-state index < -0.39 is 0 Å². The Bertz CT molecular complexity index is 415. The Morgan fingerprint density at radius 1 is 1.22 bits per heavy atom. The Balaban J connectivity index is 2.08. The third kappa shape index (κ3) is 2.77. The fourth-order valence-electron chi connectivity index (χ4n) is 2.78. The Hall–Kier alpha value is -1.25. The lowest BCUT2D eigenvalue weighted by molar-refractivity contribution is 0.199. The first-order valence-electron chi connectivity index (χ1n) is 6.68. The zero-order valence-electron chi connectivity index (χ0n) is 11.5. The third-order valence-corrected chi connectivity index (χ3v) is 4.05. The first-order valence-corrected chi connectivity index (χ1v) is 6.68. The summed E-state index contributed by atoms with van der Waals surface area (Å²) in [7, 11) is 0. The van der Waals surface area contributed by atoms with Gasteiger partial charge >= 0.3 is 0 Å². The highest BCUT2D eigenvalue weighted by molar-refractivity contribution is 5.67. The van der Waals surface area contributed by atoms with E-state index >= 15 is 0 Å². The van der Waals surface area contributed by atoms with Crippen LogP contribution in [0, 0.1) is 17.2 Å². The van der Waals surface area contributed by atoms with E-state index in [9.17, 15) is 4.39 Å². The van der Waals surface area contributed by atoms with Gasteiger partial charge in [0.2, 0.25) is 0 Å². The highest BCUT2D eigenvalue weighted by Crippen LogP contribution is 2.36. The lowest BCUT2D eigenvalue weighted by atomic mass is 9.75. The van der Waals surface area contributed by atoms with E-state index in [2.05, 4.69) is 25.7 Å². The van der Waals surface area contributed by atoms with Crippen molar-refractivity contribution in [3.63, 3.8) is 0 Å². The van der Waals surface area contributed by atoms with Gasteiger partial charge in [0, 0.05) is 13.1 Å². The first-order chi connectivity index (χ1) is 8.38. The first kappa shape index (κ1) is 13.2. The van der Waals surface area contributed by atoms with Crippen molar-refractivity contribution >= 4 is 11.4 Å². The van der Waals surface area contributed by atoms with Gasteiger partial charge in [-0.05, 0) is 42.4 Å². The van der Waals surface area contributed by atoms with E-state index in [0.717, 1.165) is 37.5 Å². The van der Waals surface area contributed by atoms with Crippen LogP contribution in [0.25, 0.3) is 0 Å². The summed E-state index contributed by atoms with van der Waals surface area (Å²) in [6.07, 6.45) is 2.30. The van der Waals surface area contributed by atoms with Crippen molar-refractivity contribution < 1.29 is 4.39 Å². The van der Waals surface area contributed by atoms with Crippen molar-refractivity contribution in [3.05, 3.63) is 24.0 Å². The molecule has 1 fully saturated rings. The molecular formula is C15H23FN2. The standard InChI is InChI=1S/C15H23FN2/c1-15(2,3)11-6-8-18(9-7-11)14-10-12(16)4-5-13(14)17/h4-5,10-11H,6-9,17H2,1-3H3. The van der Waals surface area contributed by atoms with Gasteiger partial charge in [0.1, 0.15) is 5.82 Å². The number of nitrogens with two attached hydrogens (primary N) is 1. The van der Waals surface area contributed by atoms with Gasteiger partial charge in [-0.15, -0.1) is 0 Å². The lowest BCUT2D eigenvalue weighted by Crippen LogP contribution is -2.38. The van der Waals surface area contributed by atoms with Gasteiger partial charge in [0.15, 0.2) is 0 Å². The number of anilines is 2. The maximum atomic E-state index is 13.3. The molecule has 0 radical (unpaired) electrons. The molecule has 1 aliphatic rings. The minimum absolute atomic E-state index is 0.211. The summed E-state index contributed by atoms with van der Waals surface area (Å²) in [4.78, 5) is 2.21. The van der Waals surface area contributed by atoms with Gasteiger partial charge in [-0.3, -0.25) is 0 Å². The van der Waals surface area contributed by atoms with Crippen LogP contribution in [0.1, 0.15) is 33.6 Å². The fraction of sp³-hybridized carbons (Fsp3) is 0.600. The zero-order valence-corrected chi connectivity index (χ0v) is 11.5. The number of hydrogen-bond acceptors (Lipinski definition) is 2. The van der Waals surface area contributed by atoms with Crippen LogP contribution in [0.2, 0.25) is 0 Å². The Kier molecular flexibility index (Phi) is 3.51. The topological polar surface area (TPSA) is 29.3 Å². The number of halogens is 1. The number of rotatable bonds is 1. The Morgan fingerprint density at radius 2 is 1.83 bits per heavy atom. The number of nitrogen functional groups attached to an aromatic ring is 1. The van der Waals surface area contributed by atoms with Gasteiger partial charge < -0.3 is 10.6 Å². The lowest BCUT2D eigenvalue weighted by Gasteiger charge is -2.40. The van der Waals surface area contributed by atoms with Crippen LogP contribution in [0.4, 0.5) is 15.8 Å². The van der Waals surface area contributed by atoms with Crippen LogP contribution in [0.5, 0.6) is 0 Å². The van der Waals surface area contributed by atoms with Crippen LogP contribution in [-0.2, 0) is 0 Å². The molecule has 0 unspecified atom stereocenters. The van der Waals surface area contributed by atoms with Crippen LogP contribution in [0.15, 0.2) is 18.2 Å². The van der Waals surface area contributed by atoms with Crippen LogP contribution in [0.3, 0.4) is 0 Å². The van der Waals surface area contributed by atoms with E-state index in [4.69, 9.17) is 5.73 Å². The van der Waals surface area contributed by atoms with E-state index in [1.165, 1.54) is 6.07 Å². The van der Waals surface area contributed by atoms with E-state index in [0.29, 0.717) is 11.1 Å². The van der Waals surface area contributed by atoms with E-state index in [1.54, 1.807) is 12.1 Å². The quantitative estimate of drug-likeness (QED) is 0.771. The maximum Gasteiger partial charge on any atom is 0.125 e. The predicted molar refractivity (Wildman–Crippen MR) is 75.2 cm³/mol. The second-order valence-electron chi connectivity index (χ2n) is 6.33. The highest BCUT2D eigenvalue weighted by atomic mass is 19.1. The molecule has 1 aliphatic heterocycles. The van der Waals surface area contributed by atoms with Gasteiger partial charge in [0.25, 0.3) is 0 Å². The molecule has 18 heavy (non-hydrogen) atoms. The third-order valence-electron chi connectivity index (χ3n) is 4.05. The molecule has 0 atom stereocenters. The summed E-state index contributed by atoms with van der Waals surface area (Å²) in [5.74, 6) is 0.528. The van der Waals surface area contributed by atoms with Crippen LogP contribution >= 0.6 is 0 Å². The average molecular weight is 250 g/mol. The second-order valence-corrected chi connectivity index (χ2v) is 6.33. The van der Waals surface area contributed by atoms with Crippen molar-refractivity contribution in [3.8, 4) is 0 Å². The summed E-state index contributed by atoms with van der Waals surface area (Å²) in [6.45, 7) is 8.82. The Labute approximate surface area is 109 Å². The second kappa shape index (κ2) is 4.79. The minimum atomic E-state index is -0.211. The molecule has 1 aromatic rings. The van der Waals surface area contributed by atoms with Crippen molar-refractivity contribution in [1.29, 1.82) is 0 Å². The van der Waals surface area contributed by atoms with Gasteiger partial charge in [-0.1, -0.05) is 20.8 Å². The molecule has 3 heteroatoms. The van der Waals surface area contributed by atoms with E-state index in [1.807, 2.05) is 0 Å². The maximum absolute atomic E-state index is 13.3. The predicted octanol–water partition coefficient (Wildman–Crippen LogP) is 3.67. The summed E-state index contributed by atoms with van der Waals surface area (Å²) < 4.78 is 13.3. The Morgan fingerprint density at radius 3 is 2.39 bits per heavy atom. The van der Waals surface area contributed by atoms with Crippen molar-refractivity contribution in [2.24, 2.45) is 11.3 Å². The smallest absolute Gasteiger partial charge is 0.125 e. The van der Waals surface area contributed by atoms with Crippen molar-refractivity contribution in [1.82, 2.24) is 0 Å². The molecule has 0 amide bonds. The number of hydrogen-bond donors (Lipinski definition) is 1. The number of benzene rings is 1.